The molecule has 0 radical (unpaired) electrons. The van der Waals surface area contributed by atoms with E-state index in [1.807, 2.05) is 30.3 Å². The van der Waals surface area contributed by atoms with Crippen molar-refractivity contribution in [3.8, 4) is 11.3 Å². The molecule has 2 aromatic carbocycles. The maximum atomic E-state index is 12.9. The highest BCUT2D eigenvalue weighted by Crippen LogP contribution is 2.34. The topological polar surface area (TPSA) is 109 Å². The van der Waals surface area contributed by atoms with Crippen molar-refractivity contribution in [2.24, 2.45) is 0 Å². The molecule has 4 rings (SSSR count). The number of carbonyl (C=O) groups is 3. The van der Waals surface area contributed by atoms with E-state index in [1.54, 1.807) is 18.2 Å². The molecule has 8 nitrogen and oxygen atoms in total. The zero-order valence-corrected chi connectivity index (χ0v) is 21.1. The van der Waals surface area contributed by atoms with E-state index in [4.69, 9.17) is 27.9 Å². The number of ether oxygens (including phenoxy) is 1. The number of benzene rings is 2. The molecule has 36 heavy (non-hydrogen) atoms. The van der Waals surface area contributed by atoms with Gasteiger partial charge in [-0.15, -0.1) is 0 Å². The Morgan fingerprint density at radius 2 is 1.89 bits per heavy atom. The van der Waals surface area contributed by atoms with Gasteiger partial charge in [0.2, 0.25) is 5.91 Å². The van der Waals surface area contributed by atoms with Crippen LogP contribution in [0.1, 0.15) is 24.8 Å². The Hall–Kier alpha value is -3.36. The van der Waals surface area contributed by atoms with Gasteiger partial charge < -0.3 is 15.2 Å². The molecule has 0 aliphatic carbocycles. The van der Waals surface area contributed by atoms with Crippen LogP contribution in [0, 0.1) is 0 Å². The second-order valence-electron chi connectivity index (χ2n) is 8.60. The first kappa shape index (κ1) is 25.7. The smallest absolute Gasteiger partial charge is 0.407 e. The lowest BCUT2D eigenvalue weighted by atomic mass is 10.00. The number of piperidine rings is 1. The molecule has 0 spiro atoms. The number of methoxy groups -OCH3 is 1. The lowest BCUT2D eigenvalue weighted by Gasteiger charge is -2.33. The van der Waals surface area contributed by atoms with Gasteiger partial charge in [0.1, 0.15) is 12.1 Å². The Labute approximate surface area is 218 Å². The average molecular weight is 530 g/mol. The summed E-state index contributed by atoms with van der Waals surface area (Å²) in [5, 5.41) is 14.0. The second kappa shape index (κ2) is 11.1. The van der Waals surface area contributed by atoms with Crippen LogP contribution in [-0.4, -0.2) is 58.7 Å². The van der Waals surface area contributed by atoms with Crippen LogP contribution in [0.2, 0.25) is 10.0 Å². The normalized spacial score (nSPS) is 16.4. The molecule has 0 saturated carbocycles. The standard InChI is InChI=1S/C26H25Cl2N3O5/c1-36-25(33)21(30-24(32)22-7-2-3-12-31(22)26(34)35)14-15-8-10-19-16(13-15)9-11-20(29-19)23-17(27)5-4-6-18(23)28/h4-6,8-11,13,21-22H,2-3,7,12,14H2,1H3,(H,30,32)(H,34,35)/t21?,22-/m0/s1. The molecule has 1 saturated heterocycles. The molecule has 2 amide bonds. The number of pyridine rings is 1. The fourth-order valence-corrected chi connectivity index (χ4v) is 5.05. The van der Waals surface area contributed by atoms with Gasteiger partial charge in [-0.3, -0.25) is 9.69 Å². The number of aromatic nitrogens is 1. The molecular formula is C26H25Cl2N3O5. The summed E-state index contributed by atoms with van der Waals surface area (Å²) in [6.07, 6.45) is 0.872. The van der Waals surface area contributed by atoms with E-state index in [-0.39, 0.29) is 13.0 Å². The van der Waals surface area contributed by atoms with Crippen LogP contribution in [0.3, 0.4) is 0 Å². The van der Waals surface area contributed by atoms with Crippen molar-refractivity contribution < 1.29 is 24.2 Å². The third kappa shape index (κ3) is 5.55. The molecule has 0 bridgehead atoms. The zero-order valence-electron chi connectivity index (χ0n) is 19.5. The minimum Gasteiger partial charge on any atom is -0.467 e. The van der Waals surface area contributed by atoms with Gasteiger partial charge in [-0.25, -0.2) is 14.6 Å². The molecular weight excluding hydrogens is 505 g/mol. The van der Waals surface area contributed by atoms with E-state index in [2.05, 4.69) is 10.3 Å². The molecule has 1 fully saturated rings. The third-order valence-electron chi connectivity index (χ3n) is 6.27. The molecule has 3 aromatic rings. The Morgan fingerprint density at radius 1 is 1.14 bits per heavy atom. The third-order valence-corrected chi connectivity index (χ3v) is 6.90. The highest BCUT2D eigenvalue weighted by atomic mass is 35.5. The number of nitrogens with zero attached hydrogens (tertiary/aromatic N) is 2. The molecule has 2 atom stereocenters. The van der Waals surface area contributed by atoms with E-state index < -0.39 is 30.1 Å². The minimum absolute atomic E-state index is 0.173. The predicted molar refractivity (Wildman–Crippen MR) is 137 cm³/mol. The molecule has 1 unspecified atom stereocenters. The van der Waals surface area contributed by atoms with Crippen molar-refractivity contribution in [3.05, 3.63) is 64.1 Å². The summed E-state index contributed by atoms with van der Waals surface area (Å²) in [6.45, 7) is 0.287. The molecule has 10 heteroatoms. The first-order valence-electron chi connectivity index (χ1n) is 11.5. The van der Waals surface area contributed by atoms with E-state index in [1.165, 1.54) is 7.11 Å². The van der Waals surface area contributed by atoms with Crippen LogP contribution in [0.4, 0.5) is 4.79 Å². The van der Waals surface area contributed by atoms with Gasteiger partial charge in [0.25, 0.3) is 0 Å². The Bertz CT molecular complexity index is 1300. The number of amides is 2. The van der Waals surface area contributed by atoms with Crippen molar-refractivity contribution >= 4 is 52.1 Å². The van der Waals surface area contributed by atoms with E-state index in [0.717, 1.165) is 22.3 Å². The molecule has 1 aliphatic heterocycles. The van der Waals surface area contributed by atoms with Gasteiger partial charge in [-0.2, -0.15) is 0 Å². The van der Waals surface area contributed by atoms with Crippen molar-refractivity contribution in [3.63, 3.8) is 0 Å². The Morgan fingerprint density at radius 3 is 2.58 bits per heavy atom. The van der Waals surface area contributed by atoms with E-state index >= 15 is 0 Å². The van der Waals surface area contributed by atoms with Crippen LogP contribution in [0.25, 0.3) is 22.2 Å². The summed E-state index contributed by atoms with van der Waals surface area (Å²) in [6, 6.07) is 12.7. The number of nitrogens with one attached hydrogen (secondary N) is 1. The van der Waals surface area contributed by atoms with Crippen molar-refractivity contribution in [1.82, 2.24) is 15.2 Å². The summed E-state index contributed by atoms with van der Waals surface area (Å²) in [5.74, 6) is -1.11. The number of fused-ring (bicyclic) bond motifs is 1. The van der Waals surface area contributed by atoms with Crippen LogP contribution < -0.4 is 5.32 Å². The van der Waals surface area contributed by atoms with Gasteiger partial charge in [-0.1, -0.05) is 41.4 Å². The summed E-state index contributed by atoms with van der Waals surface area (Å²) < 4.78 is 4.90. The summed E-state index contributed by atoms with van der Waals surface area (Å²) in [5.41, 5.74) is 2.78. The number of rotatable bonds is 6. The van der Waals surface area contributed by atoms with Gasteiger partial charge in [0.15, 0.2) is 0 Å². The number of halogens is 2. The monoisotopic (exact) mass is 529 g/mol. The Balaban J connectivity index is 1.55. The van der Waals surface area contributed by atoms with Gasteiger partial charge in [0, 0.05) is 23.9 Å². The number of esters is 1. The fraction of sp³-hybridized carbons (Fsp3) is 0.308. The summed E-state index contributed by atoms with van der Waals surface area (Å²) in [7, 11) is 1.25. The number of hydrogen-bond donors (Lipinski definition) is 2. The number of likely N-dealkylation sites (tertiary alicyclic amines) is 1. The maximum Gasteiger partial charge on any atom is 0.407 e. The number of carbonyl (C=O) groups excluding carboxylic acids is 2. The fourth-order valence-electron chi connectivity index (χ4n) is 4.46. The number of carboxylic acid groups (broad SMARTS) is 1. The molecule has 2 N–H and O–H groups in total. The average Bonchev–Trinajstić information content (AvgIpc) is 2.87. The quantitative estimate of drug-likeness (QED) is 0.437. The van der Waals surface area contributed by atoms with Crippen LogP contribution >= 0.6 is 23.2 Å². The van der Waals surface area contributed by atoms with Crippen molar-refractivity contribution in [1.29, 1.82) is 0 Å². The van der Waals surface area contributed by atoms with Gasteiger partial charge >= 0.3 is 12.1 Å². The van der Waals surface area contributed by atoms with E-state index in [0.29, 0.717) is 39.7 Å². The molecule has 1 aromatic heterocycles. The van der Waals surface area contributed by atoms with Crippen LogP contribution in [-0.2, 0) is 20.7 Å². The minimum atomic E-state index is -1.15. The number of hydrogen-bond acceptors (Lipinski definition) is 5. The van der Waals surface area contributed by atoms with Crippen LogP contribution in [0.5, 0.6) is 0 Å². The maximum absolute atomic E-state index is 12.9. The zero-order chi connectivity index (χ0) is 25.8. The Kier molecular flexibility index (Phi) is 7.96. The lowest BCUT2D eigenvalue weighted by Crippen LogP contribution is -2.55. The second-order valence-corrected chi connectivity index (χ2v) is 9.41. The van der Waals surface area contributed by atoms with Crippen LogP contribution in [0.15, 0.2) is 48.5 Å². The molecule has 2 heterocycles. The van der Waals surface area contributed by atoms with Gasteiger partial charge in [0.05, 0.1) is 28.4 Å². The predicted octanol–water partition coefficient (Wildman–Crippen LogP) is 4.94. The van der Waals surface area contributed by atoms with Crippen molar-refractivity contribution in [2.75, 3.05) is 13.7 Å². The lowest BCUT2D eigenvalue weighted by molar-refractivity contribution is -0.145. The molecule has 1 aliphatic rings. The first-order chi connectivity index (χ1) is 17.3. The molecule has 188 valence electrons. The first-order valence-corrected chi connectivity index (χ1v) is 12.3. The summed E-state index contributed by atoms with van der Waals surface area (Å²) in [4.78, 5) is 42.7. The van der Waals surface area contributed by atoms with E-state index in [9.17, 15) is 19.5 Å². The largest absolute Gasteiger partial charge is 0.467 e. The SMILES string of the molecule is COC(=O)C(Cc1ccc2nc(-c3c(Cl)cccc3Cl)ccc2c1)NC(=O)[C@@H]1CCCCN1C(=O)O. The highest BCUT2D eigenvalue weighted by Gasteiger charge is 2.34. The van der Waals surface area contributed by atoms with Gasteiger partial charge in [-0.05, 0) is 55.2 Å². The summed E-state index contributed by atoms with van der Waals surface area (Å²) >= 11 is 12.7. The van der Waals surface area contributed by atoms with Crippen molar-refractivity contribution in [2.45, 2.75) is 37.8 Å². The highest BCUT2D eigenvalue weighted by molar-refractivity contribution is 6.39.